The molecule has 0 fully saturated rings. The summed E-state index contributed by atoms with van der Waals surface area (Å²) in [6.07, 6.45) is 2.79. The number of nitrogens with zero attached hydrogens (tertiary/aromatic N) is 4. The van der Waals surface area contributed by atoms with E-state index in [4.69, 9.17) is 9.57 Å². The quantitative estimate of drug-likeness (QED) is 0.333. The minimum atomic E-state index is -1.02. The van der Waals surface area contributed by atoms with Crippen LogP contribution in [0.25, 0.3) is 0 Å². The van der Waals surface area contributed by atoms with Gasteiger partial charge in [0.15, 0.2) is 18.2 Å². The SMILES string of the molecule is COC(=O)c1ccc(CO/N=C\c2c(C)nn(C)c2Oc2ccc(F)c(F)c2)nc1. The highest BCUT2D eigenvalue weighted by Crippen LogP contribution is 2.27. The number of aryl methyl sites for hydroxylation is 2. The molecule has 0 unspecified atom stereocenters. The molecular weight excluding hydrogens is 398 g/mol. The normalized spacial score (nSPS) is 11.0. The minimum Gasteiger partial charge on any atom is -0.465 e. The topological polar surface area (TPSA) is 87.8 Å². The molecule has 0 bridgehead atoms. The van der Waals surface area contributed by atoms with Crippen molar-refractivity contribution in [2.75, 3.05) is 7.11 Å². The van der Waals surface area contributed by atoms with E-state index in [9.17, 15) is 13.6 Å². The highest BCUT2D eigenvalue weighted by Gasteiger charge is 2.15. The maximum atomic E-state index is 13.4. The number of carbonyl (C=O) groups is 1. The Morgan fingerprint density at radius 1 is 1.23 bits per heavy atom. The van der Waals surface area contributed by atoms with E-state index in [0.717, 1.165) is 12.1 Å². The molecule has 8 nitrogen and oxygen atoms in total. The van der Waals surface area contributed by atoms with Crippen LogP contribution in [0.4, 0.5) is 8.78 Å². The van der Waals surface area contributed by atoms with Crippen molar-refractivity contribution in [3.8, 4) is 11.6 Å². The van der Waals surface area contributed by atoms with E-state index in [1.807, 2.05) is 0 Å². The largest absolute Gasteiger partial charge is 0.465 e. The van der Waals surface area contributed by atoms with E-state index in [1.54, 1.807) is 26.1 Å². The maximum Gasteiger partial charge on any atom is 0.339 e. The number of halogens is 2. The van der Waals surface area contributed by atoms with Gasteiger partial charge in [0.05, 0.1) is 35.8 Å². The van der Waals surface area contributed by atoms with Crippen molar-refractivity contribution in [3.05, 3.63) is 70.7 Å². The van der Waals surface area contributed by atoms with E-state index in [0.29, 0.717) is 22.5 Å². The van der Waals surface area contributed by atoms with Crippen LogP contribution in [0.3, 0.4) is 0 Å². The van der Waals surface area contributed by atoms with Gasteiger partial charge in [-0.25, -0.2) is 18.3 Å². The molecule has 0 saturated heterocycles. The number of rotatable bonds is 7. The van der Waals surface area contributed by atoms with E-state index in [-0.39, 0.29) is 18.2 Å². The first-order valence-electron chi connectivity index (χ1n) is 8.74. The molecular formula is C20H18F2N4O4. The van der Waals surface area contributed by atoms with Gasteiger partial charge in [-0.05, 0) is 31.2 Å². The molecule has 0 aliphatic carbocycles. The lowest BCUT2D eigenvalue weighted by Crippen LogP contribution is -2.02. The Balaban J connectivity index is 1.68. The van der Waals surface area contributed by atoms with Gasteiger partial charge in [-0.2, -0.15) is 5.10 Å². The second kappa shape index (κ2) is 9.12. The van der Waals surface area contributed by atoms with Crippen LogP contribution in [0.15, 0.2) is 41.7 Å². The molecule has 0 spiro atoms. The molecule has 0 saturated carbocycles. The molecule has 30 heavy (non-hydrogen) atoms. The summed E-state index contributed by atoms with van der Waals surface area (Å²) in [6, 6.07) is 6.42. The van der Waals surface area contributed by atoms with Crippen LogP contribution >= 0.6 is 0 Å². The third-order valence-corrected chi connectivity index (χ3v) is 4.03. The van der Waals surface area contributed by atoms with Gasteiger partial charge in [-0.1, -0.05) is 5.16 Å². The summed E-state index contributed by atoms with van der Waals surface area (Å²) in [6.45, 7) is 1.81. The minimum absolute atomic E-state index is 0.0661. The zero-order valence-electron chi connectivity index (χ0n) is 16.4. The summed E-state index contributed by atoms with van der Waals surface area (Å²) < 4.78 is 38.3. The lowest BCUT2D eigenvalue weighted by atomic mass is 10.2. The monoisotopic (exact) mass is 416 g/mol. The van der Waals surface area contributed by atoms with Gasteiger partial charge in [0, 0.05) is 19.3 Å². The summed E-state index contributed by atoms with van der Waals surface area (Å²) in [5.41, 5.74) is 2.00. The van der Waals surface area contributed by atoms with E-state index < -0.39 is 17.6 Å². The number of aromatic nitrogens is 3. The predicted octanol–water partition coefficient (Wildman–Crippen LogP) is 3.53. The molecule has 156 valence electrons. The second-order valence-corrected chi connectivity index (χ2v) is 6.14. The van der Waals surface area contributed by atoms with Crippen LogP contribution in [0.5, 0.6) is 11.6 Å². The number of hydrogen-bond acceptors (Lipinski definition) is 7. The van der Waals surface area contributed by atoms with Crippen LogP contribution in [0.1, 0.15) is 27.3 Å². The molecule has 0 atom stereocenters. The molecule has 2 heterocycles. The van der Waals surface area contributed by atoms with Crippen LogP contribution in [0.2, 0.25) is 0 Å². The molecule has 10 heteroatoms. The molecule has 0 aliphatic rings. The number of ether oxygens (including phenoxy) is 2. The zero-order valence-corrected chi connectivity index (χ0v) is 16.4. The lowest BCUT2D eigenvalue weighted by molar-refractivity contribution is 0.0600. The summed E-state index contributed by atoms with van der Waals surface area (Å²) in [5, 5.41) is 8.13. The molecule has 2 aromatic heterocycles. The summed E-state index contributed by atoms with van der Waals surface area (Å²) in [4.78, 5) is 20.7. The Morgan fingerprint density at radius 2 is 2.03 bits per heavy atom. The van der Waals surface area contributed by atoms with E-state index in [1.165, 1.54) is 30.3 Å². The number of pyridine rings is 1. The third-order valence-electron chi connectivity index (χ3n) is 4.03. The molecule has 3 aromatic rings. The Bertz CT molecular complexity index is 1080. The first-order chi connectivity index (χ1) is 14.4. The van der Waals surface area contributed by atoms with Gasteiger partial charge in [0.1, 0.15) is 5.75 Å². The molecule has 3 rings (SSSR count). The van der Waals surface area contributed by atoms with Gasteiger partial charge in [-0.15, -0.1) is 0 Å². The van der Waals surface area contributed by atoms with Crippen LogP contribution in [-0.4, -0.2) is 34.1 Å². The zero-order chi connectivity index (χ0) is 21.7. The average molecular weight is 416 g/mol. The van der Waals surface area contributed by atoms with Crippen molar-refractivity contribution in [2.24, 2.45) is 12.2 Å². The molecule has 0 radical (unpaired) electrons. The predicted molar refractivity (Wildman–Crippen MR) is 102 cm³/mol. The number of benzene rings is 1. The summed E-state index contributed by atoms with van der Waals surface area (Å²) >= 11 is 0. The van der Waals surface area contributed by atoms with Gasteiger partial charge in [0.25, 0.3) is 0 Å². The van der Waals surface area contributed by atoms with Gasteiger partial charge in [-0.3, -0.25) is 4.98 Å². The lowest BCUT2D eigenvalue weighted by Gasteiger charge is -2.07. The smallest absolute Gasteiger partial charge is 0.339 e. The van der Waals surface area contributed by atoms with Crippen molar-refractivity contribution in [3.63, 3.8) is 0 Å². The van der Waals surface area contributed by atoms with Crippen molar-refractivity contribution >= 4 is 12.2 Å². The molecule has 0 N–H and O–H groups in total. The second-order valence-electron chi connectivity index (χ2n) is 6.14. The number of esters is 1. The van der Waals surface area contributed by atoms with Crippen LogP contribution in [0, 0.1) is 18.6 Å². The Labute approximate surface area is 170 Å². The first-order valence-corrected chi connectivity index (χ1v) is 8.74. The maximum absolute atomic E-state index is 13.4. The third kappa shape index (κ3) is 4.77. The Morgan fingerprint density at radius 3 is 2.70 bits per heavy atom. The van der Waals surface area contributed by atoms with Gasteiger partial charge in [0.2, 0.25) is 5.88 Å². The van der Waals surface area contributed by atoms with E-state index in [2.05, 4.69) is 20.0 Å². The van der Waals surface area contributed by atoms with Gasteiger partial charge >= 0.3 is 5.97 Å². The van der Waals surface area contributed by atoms with Gasteiger partial charge < -0.3 is 14.3 Å². The highest BCUT2D eigenvalue weighted by atomic mass is 19.2. The standard InChI is InChI=1S/C20H18F2N4O4/c1-12-16(10-24-29-11-14-5-4-13(9-23-14)20(27)28-3)19(26(2)25-12)30-15-6-7-17(21)18(22)8-15/h4-10H,11H2,1-3H3/b24-10-. The molecule has 1 aromatic carbocycles. The Hall–Kier alpha value is -3.82. The van der Waals surface area contributed by atoms with Crippen molar-refractivity contribution in [1.82, 2.24) is 14.8 Å². The summed E-state index contributed by atoms with van der Waals surface area (Å²) in [5.74, 6) is -2.06. The van der Waals surface area contributed by atoms with Crippen molar-refractivity contribution < 1.29 is 27.9 Å². The van der Waals surface area contributed by atoms with Crippen LogP contribution < -0.4 is 4.74 Å². The fourth-order valence-electron chi connectivity index (χ4n) is 2.52. The van der Waals surface area contributed by atoms with E-state index >= 15 is 0 Å². The first kappa shape index (κ1) is 20.9. The average Bonchev–Trinajstić information content (AvgIpc) is 3.00. The summed E-state index contributed by atoms with van der Waals surface area (Å²) in [7, 11) is 2.94. The molecule has 0 aliphatic heterocycles. The molecule has 0 amide bonds. The number of methoxy groups -OCH3 is 1. The fourth-order valence-corrected chi connectivity index (χ4v) is 2.52. The van der Waals surface area contributed by atoms with Crippen molar-refractivity contribution in [2.45, 2.75) is 13.5 Å². The number of oxime groups is 1. The Kier molecular flexibility index (Phi) is 6.35. The number of hydrogen-bond donors (Lipinski definition) is 0. The van der Waals surface area contributed by atoms with Crippen molar-refractivity contribution in [1.29, 1.82) is 0 Å². The number of carbonyl (C=O) groups excluding carboxylic acids is 1. The van der Waals surface area contributed by atoms with Crippen LogP contribution in [-0.2, 0) is 23.2 Å². The highest BCUT2D eigenvalue weighted by molar-refractivity contribution is 5.88. The fraction of sp³-hybridized carbons (Fsp3) is 0.200.